The summed E-state index contributed by atoms with van der Waals surface area (Å²) >= 11 is 7.47. The molecule has 6 nitrogen and oxygen atoms in total. The van der Waals surface area contributed by atoms with Crippen LogP contribution < -0.4 is 0 Å². The van der Waals surface area contributed by atoms with Gasteiger partial charge in [-0.05, 0) is 48.6 Å². The molecule has 1 atom stereocenters. The first-order chi connectivity index (χ1) is 14.5. The summed E-state index contributed by atoms with van der Waals surface area (Å²) < 4.78 is 28.6. The number of unbranched alkanes of at least 4 members (excludes halogenated alkanes) is 1. The summed E-state index contributed by atoms with van der Waals surface area (Å²) in [4.78, 5) is 3.29. The SMILES string of the molecule is CCCCN(Cn1nc(-c2cccs2)n(-c2ccccc2)c1=S)C1CCS(=O)(=O)C1. The van der Waals surface area contributed by atoms with Gasteiger partial charge in [0.15, 0.2) is 15.7 Å². The first-order valence-corrected chi connectivity index (χ1v) is 13.3. The number of nitrogens with zero attached hydrogens (tertiary/aromatic N) is 4. The summed E-state index contributed by atoms with van der Waals surface area (Å²) in [5.74, 6) is 1.31. The Bertz CT molecular complexity index is 1130. The summed E-state index contributed by atoms with van der Waals surface area (Å²) in [6, 6.07) is 14.1. The van der Waals surface area contributed by atoms with Crippen molar-refractivity contribution in [2.24, 2.45) is 0 Å². The Labute approximate surface area is 186 Å². The smallest absolute Gasteiger partial charge is 0.204 e. The van der Waals surface area contributed by atoms with Gasteiger partial charge in [0.2, 0.25) is 4.77 Å². The van der Waals surface area contributed by atoms with E-state index in [4.69, 9.17) is 17.3 Å². The highest BCUT2D eigenvalue weighted by Gasteiger charge is 2.32. The monoisotopic (exact) mass is 462 g/mol. The summed E-state index contributed by atoms with van der Waals surface area (Å²) in [5, 5.41) is 6.91. The van der Waals surface area contributed by atoms with Crippen molar-refractivity contribution in [2.45, 2.75) is 38.9 Å². The van der Waals surface area contributed by atoms with Gasteiger partial charge in [0.1, 0.15) is 0 Å². The zero-order chi connectivity index (χ0) is 21.1. The highest BCUT2D eigenvalue weighted by molar-refractivity contribution is 7.91. The fourth-order valence-electron chi connectivity index (χ4n) is 3.84. The molecule has 0 bridgehead atoms. The van der Waals surface area contributed by atoms with Gasteiger partial charge >= 0.3 is 0 Å². The molecular formula is C21H26N4O2S3. The quantitative estimate of drug-likeness (QED) is 0.465. The maximum absolute atomic E-state index is 12.1. The fourth-order valence-corrected chi connectivity index (χ4v) is 6.59. The molecule has 3 aromatic rings. The Morgan fingerprint density at radius 1 is 1.23 bits per heavy atom. The second kappa shape index (κ2) is 9.13. The van der Waals surface area contributed by atoms with E-state index in [0.717, 1.165) is 35.8 Å². The van der Waals surface area contributed by atoms with Gasteiger partial charge in [-0.25, -0.2) is 13.1 Å². The van der Waals surface area contributed by atoms with E-state index in [2.05, 4.69) is 11.8 Å². The van der Waals surface area contributed by atoms with E-state index < -0.39 is 9.84 Å². The zero-order valence-corrected chi connectivity index (χ0v) is 19.4. The Morgan fingerprint density at radius 2 is 2.03 bits per heavy atom. The number of aromatic nitrogens is 3. The second-order valence-electron chi connectivity index (χ2n) is 7.62. The Kier molecular flexibility index (Phi) is 6.52. The van der Waals surface area contributed by atoms with Crippen LogP contribution in [0.2, 0.25) is 0 Å². The van der Waals surface area contributed by atoms with E-state index in [1.807, 2.05) is 57.1 Å². The van der Waals surface area contributed by atoms with Gasteiger partial charge in [0.05, 0.1) is 23.1 Å². The first kappa shape index (κ1) is 21.4. The average Bonchev–Trinajstić information content (AvgIpc) is 3.45. The highest BCUT2D eigenvalue weighted by Crippen LogP contribution is 2.27. The summed E-state index contributed by atoms with van der Waals surface area (Å²) in [7, 11) is -2.95. The number of benzene rings is 1. The molecule has 4 rings (SSSR count). The lowest BCUT2D eigenvalue weighted by molar-refractivity contribution is 0.152. The summed E-state index contributed by atoms with van der Waals surface area (Å²) in [5.41, 5.74) is 0.973. The third-order valence-electron chi connectivity index (χ3n) is 5.43. The Morgan fingerprint density at radius 3 is 2.67 bits per heavy atom. The van der Waals surface area contributed by atoms with Crippen molar-refractivity contribution in [1.82, 2.24) is 19.2 Å². The molecule has 0 amide bonds. The van der Waals surface area contributed by atoms with Crippen LogP contribution in [0.4, 0.5) is 0 Å². The third kappa shape index (κ3) is 4.59. The molecule has 1 fully saturated rings. The van der Waals surface area contributed by atoms with Crippen LogP contribution in [0.1, 0.15) is 26.2 Å². The largest absolute Gasteiger partial charge is 0.280 e. The van der Waals surface area contributed by atoms with Crippen molar-refractivity contribution in [3.8, 4) is 16.4 Å². The van der Waals surface area contributed by atoms with Gasteiger partial charge in [0.25, 0.3) is 0 Å². The summed E-state index contributed by atoms with van der Waals surface area (Å²) in [6.07, 6.45) is 2.75. The minimum Gasteiger partial charge on any atom is -0.280 e. The van der Waals surface area contributed by atoms with Gasteiger partial charge in [-0.2, -0.15) is 0 Å². The number of hydrogen-bond donors (Lipinski definition) is 0. The molecule has 30 heavy (non-hydrogen) atoms. The standard InChI is InChI=1S/C21H26N4O2S3/c1-2-3-12-23(18-11-14-30(26,27)15-18)16-24-21(28)25(17-8-5-4-6-9-17)20(22-24)19-10-7-13-29-19/h4-10,13,18H,2-3,11-12,14-16H2,1H3. The average molecular weight is 463 g/mol. The van der Waals surface area contributed by atoms with Crippen LogP contribution in [0.15, 0.2) is 47.8 Å². The van der Waals surface area contributed by atoms with E-state index in [1.54, 1.807) is 11.3 Å². The van der Waals surface area contributed by atoms with Crippen LogP contribution in [0.3, 0.4) is 0 Å². The van der Waals surface area contributed by atoms with Crippen LogP contribution in [0.5, 0.6) is 0 Å². The van der Waals surface area contributed by atoms with Crippen molar-refractivity contribution in [1.29, 1.82) is 0 Å². The molecule has 0 saturated carbocycles. The lowest BCUT2D eigenvalue weighted by Crippen LogP contribution is -2.38. The minimum atomic E-state index is -2.95. The molecule has 0 spiro atoms. The number of thiophene rings is 1. The topological polar surface area (TPSA) is 60.1 Å². The maximum atomic E-state index is 12.1. The van der Waals surface area contributed by atoms with E-state index >= 15 is 0 Å². The van der Waals surface area contributed by atoms with E-state index in [1.165, 1.54) is 0 Å². The molecular weight excluding hydrogens is 436 g/mol. The Hall–Kier alpha value is -1.81. The molecule has 160 valence electrons. The molecule has 1 aromatic carbocycles. The predicted molar refractivity (Wildman–Crippen MR) is 124 cm³/mol. The van der Waals surface area contributed by atoms with Crippen molar-refractivity contribution in [2.75, 3.05) is 18.1 Å². The van der Waals surface area contributed by atoms with Gasteiger partial charge < -0.3 is 0 Å². The molecule has 0 radical (unpaired) electrons. The van der Waals surface area contributed by atoms with Crippen molar-refractivity contribution in [3.05, 3.63) is 52.6 Å². The normalized spacial score (nSPS) is 18.3. The van der Waals surface area contributed by atoms with Crippen molar-refractivity contribution >= 4 is 33.4 Å². The van der Waals surface area contributed by atoms with Crippen LogP contribution in [-0.2, 0) is 16.5 Å². The molecule has 1 aliphatic rings. The molecule has 3 heterocycles. The first-order valence-electron chi connectivity index (χ1n) is 10.2. The van der Waals surface area contributed by atoms with Crippen LogP contribution in [-0.4, -0.2) is 51.8 Å². The molecule has 9 heteroatoms. The maximum Gasteiger partial charge on any atom is 0.204 e. The minimum absolute atomic E-state index is 0.0236. The zero-order valence-electron chi connectivity index (χ0n) is 17.0. The molecule has 1 aliphatic heterocycles. The third-order valence-corrected chi connectivity index (χ3v) is 8.44. The predicted octanol–water partition coefficient (Wildman–Crippen LogP) is 4.38. The lowest BCUT2D eigenvalue weighted by atomic mass is 10.2. The molecule has 2 aromatic heterocycles. The molecule has 1 unspecified atom stereocenters. The number of rotatable bonds is 8. The van der Waals surface area contributed by atoms with Gasteiger partial charge in [-0.1, -0.05) is 37.6 Å². The fraction of sp³-hybridized carbons (Fsp3) is 0.429. The van der Waals surface area contributed by atoms with Gasteiger partial charge in [0, 0.05) is 18.3 Å². The summed E-state index contributed by atoms with van der Waals surface area (Å²) in [6.45, 7) is 3.48. The van der Waals surface area contributed by atoms with E-state index in [-0.39, 0.29) is 17.5 Å². The van der Waals surface area contributed by atoms with Crippen molar-refractivity contribution < 1.29 is 8.42 Å². The van der Waals surface area contributed by atoms with Crippen molar-refractivity contribution in [3.63, 3.8) is 0 Å². The van der Waals surface area contributed by atoms with Gasteiger partial charge in [-0.3, -0.25) is 9.47 Å². The highest BCUT2D eigenvalue weighted by atomic mass is 32.2. The number of sulfone groups is 1. The van der Waals surface area contributed by atoms with Crippen LogP contribution >= 0.6 is 23.6 Å². The van der Waals surface area contributed by atoms with Crippen LogP contribution in [0.25, 0.3) is 16.4 Å². The lowest BCUT2D eigenvalue weighted by Gasteiger charge is -2.27. The molecule has 1 saturated heterocycles. The molecule has 0 aliphatic carbocycles. The Balaban J connectivity index is 1.72. The molecule has 0 N–H and O–H groups in total. The van der Waals surface area contributed by atoms with E-state index in [0.29, 0.717) is 17.9 Å². The van der Waals surface area contributed by atoms with Gasteiger partial charge in [-0.15, -0.1) is 16.4 Å². The van der Waals surface area contributed by atoms with E-state index in [9.17, 15) is 8.42 Å². The van der Waals surface area contributed by atoms with Crippen LogP contribution in [0, 0.1) is 4.77 Å². The number of hydrogen-bond acceptors (Lipinski definition) is 6. The second-order valence-corrected chi connectivity index (χ2v) is 11.2. The number of para-hydroxylation sites is 1.